The quantitative estimate of drug-likeness (QED) is 0.338. The Labute approximate surface area is 206 Å². The summed E-state index contributed by atoms with van der Waals surface area (Å²) in [5.41, 5.74) is 0.548. The third kappa shape index (κ3) is 5.87. The van der Waals surface area contributed by atoms with Crippen molar-refractivity contribution in [3.63, 3.8) is 0 Å². The van der Waals surface area contributed by atoms with E-state index < -0.39 is 33.7 Å². The standard InChI is InChI=1S/C24H21Cl2F2NO4S/c1-15(21-11-8-19(27)13-16(21)3-2-4-24(30)31)29(23-14-18(26)7-12-22(23)28)34(32,33)20-9-5-17(25)6-10-20/h5-15H,2-4H2,1H3,(H,30,31)/t15-/m1/s1. The number of carboxylic acids is 1. The van der Waals surface area contributed by atoms with Crippen LogP contribution in [0, 0.1) is 11.6 Å². The summed E-state index contributed by atoms with van der Waals surface area (Å²) in [5.74, 6) is -2.37. The molecule has 0 aromatic heterocycles. The summed E-state index contributed by atoms with van der Waals surface area (Å²) in [4.78, 5) is 10.8. The second-order valence-electron chi connectivity index (χ2n) is 7.62. The van der Waals surface area contributed by atoms with Crippen LogP contribution in [0.5, 0.6) is 0 Å². The summed E-state index contributed by atoms with van der Waals surface area (Å²) in [5, 5.41) is 9.40. The van der Waals surface area contributed by atoms with Gasteiger partial charge < -0.3 is 5.11 Å². The highest BCUT2D eigenvalue weighted by molar-refractivity contribution is 7.92. The van der Waals surface area contributed by atoms with E-state index in [1.54, 1.807) is 6.92 Å². The monoisotopic (exact) mass is 527 g/mol. The van der Waals surface area contributed by atoms with E-state index in [-0.39, 0.29) is 34.9 Å². The summed E-state index contributed by atoms with van der Waals surface area (Å²) in [6, 6.07) is 11.8. The number of benzene rings is 3. The minimum absolute atomic E-state index is 0.126. The lowest BCUT2D eigenvalue weighted by Gasteiger charge is -2.32. The van der Waals surface area contributed by atoms with E-state index in [4.69, 9.17) is 28.3 Å². The second kappa shape index (κ2) is 10.7. The fraction of sp³-hybridized carbons (Fsp3) is 0.208. The van der Waals surface area contributed by atoms with E-state index >= 15 is 0 Å². The Hall–Kier alpha value is -2.68. The Morgan fingerprint density at radius 2 is 1.65 bits per heavy atom. The van der Waals surface area contributed by atoms with Crippen LogP contribution < -0.4 is 4.31 Å². The molecular weight excluding hydrogens is 507 g/mol. The molecule has 0 bridgehead atoms. The van der Waals surface area contributed by atoms with E-state index in [1.807, 2.05) is 0 Å². The molecule has 0 heterocycles. The number of aryl methyl sites for hydroxylation is 1. The Kier molecular flexibility index (Phi) is 8.17. The van der Waals surface area contributed by atoms with E-state index in [1.165, 1.54) is 54.6 Å². The van der Waals surface area contributed by atoms with Crippen LogP contribution in [-0.4, -0.2) is 19.5 Å². The minimum Gasteiger partial charge on any atom is -0.481 e. The minimum atomic E-state index is -4.33. The van der Waals surface area contributed by atoms with Gasteiger partial charge in [-0.05, 0) is 85.5 Å². The molecule has 3 aromatic rings. The maximum atomic E-state index is 15.0. The smallest absolute Gasteiger partial charge is 0.303 e. The topological polar surface area (TPSA) is 74.7 Å². The SMILES string of the molecule is C[C@H](c1ccc(F)cc1CCCC(=O)O)N(c1cc(Cl)ccc1F)S(=O)(=O)c1ccc(Cl)cc1. The Bertz CT molecular complexity index is 1300. The molecule has 0 saturated carbocycles. The number of halogens is 4. The number of rotatable bonds is 9. The Balaban J connectivity index is 2.17. The molecule has 10 heteroatoms. The zero-order valence-corrected chi connectivity index (χ0v) is 20.3. The molecule has 0 aliphatic rings. The van der Waals surface area contributed by atoms with Gasteiger partial charge in [-0.25, -0.2) is 17.2 Å². The third-order valence-corrected chi connectivity index (χ3v) is 7.65. The molecule has 0 spiro atoms. The first-order valence-electron chi connectivity index (χ1n) is 10.3. The second-order valence-corrected chi connectivity index (χ2v) is 10.3. The van der Waals surface area contributed by atoms with Crippen LogP contribution in [0.25, 0.3) is 0 Å². The van der Waals surface area contributed by atoms with Crippen LogP contribution in [0.1, 0.15) is 36.9 Å². The van der Waals surface area contributed by atoms with E-state index in [0.29, 0.717) is 16.1 Å². The van der Waals surface area contributed by atoms with Gasteiger partial charge in [0, 0.05) is 16.5 Å². The molecule has 180 valence electrons. The molecule has 1 atom stereocenters. The van der Waals surface area contributed by atoms with Gasteiger partial charge in [0.05, 0.1) is 16.6 Å². The molecule has 3 rings (SSSR count). The van der Waals surface area contributed by atoms with Crippen LogP contribution in [0.15, 0.2) is 65.6 Å². The summed E-state index contributed by atoms with van der Waals surface area (Å²) in [7, 11) is -4.33. The van der Waals surface area contributed by atoms with Gasteiger partial charge in [-0.2, -0.15) is 0 Å². The molecule has 0 unspecified atom stereocenters. The molecule has 34 heavy (non-hydrogen) atoms. The Morgan fingerprint density at radius 1 is 1.00 bits per heavy atom. The normalized spacial score (nSPS) is 12.4. The largest absolute Gasteiger partial charge is 0.481 e. The van der Waals surface area contributed by atoms with Crippen molar-refractivity contribution >= 4 is 44.9 Å². The van der Waals surface area contributed by atoms with Gasteiger partial charge in [0.15, 0.2) is 0 Å². The molecule has 0 amide bonds. The van der Waals surface area contributed by atoms with Crippen molar-refractivity contribution in [2.45, 2.75) is 37.1 Å². The lowest BCUT2D eigenvalue weighted by atomic mass is 9.96. The fourth-order valence-electron chi connectivity index (χ4n) is 3.68. The van der Waals surface area contributed by atoms with Crippen molar-refractivity contribution in [1.29, 1.82) is 0 Å². The molecule has 0 radical (unpaired) electrons. The molecule has 5 nitrogen and oxygen atoms in total. The maximum Gasteiger partial charge on any atom is 0.303 e. The predicted octanol–water partition coefficient (Wildman–Crippen LogP) is 6.64. The number of nitrogens with zero attached hydrogens (tertiary/aromatic N) is 1. The zero-order chi connectivity index (χ0) is 25.0. The Morgan fingerprint density at radius 3 is 2.29 bits per heavy atom. The lowest BCUT2D eigenvalue weighted by molar-refractivity contribution is -0.137. The maximum absolute atomic E-state index is 15.0. The van der Waals surface area contributed by atoms with Crippen molar-refractivity contribution in [2.24, 2.45) is 0 Å². The van der Waals surface area contributed by atoms with Crippen molar-refractivity contribution in [1.82, 2.24) is 0 Å². The van der Waals surface area contributed by atoms with Crippen molar-refractivity contribution in [2.75, 3.05) is 4.31 Å². The number of aliphatic carboxylic acids is 1. The first kappa shape index (κ1) is 25.9. The molecule has 0 aliphatic carbocycles. The lowest BCUT2D eigenvalue weighted by Crippen LogP contribution is -2.35. The third-order valence-electron chi connectivity index (χ3n) is 5.26. The number of carboxylic acid groups (broad SMARTS) is 1. The van der Waals surface area contributed by atoms with Gasteiger partial charge in [0.2, 0.25) is 0 Å². The summed E-state index contributed by atoms with van der Waals surface area (Å²) in [6.07, 6.45) is 0.268. The predicted molar refractivity (Wildman–Crippen MR) is 128 cm³/mol. The van der Waals surface area contributed by atoms with Crippen LogP contribution in [0.4, 0.5) is 14.5 Å². The highest BCUT2D eigenvalue weighted by Gasteiger charge is 2.33. The molecule has 0 fully saturated rings. The average molecular weight is 528 g/mol. The van der Waals surface area contributed by atoms with Gasteiger partial charge >= 0.3 is 5.97 Å². The molecule has 1 N–H and O–H groups in total. The number of hydrogen-bond donors (Lipinski definition) is 1. The molecule has 3 aromatic carbocycles. The van der Waals surface area contributed by atoms with Gasteiger partial charge in [-0.1, -0.05) is 29.3 Å². The van der Waals surface area contributed by atoms with Gasteiger partial charge in [-0.15, -0.1) is 0 Å². The average Bonchev–Trinajstić information content (AvgIpc) is 2.76. The fourth-order valence-corrected chi connectivity index (χ4v) is 5.60. The zero-order valence-electron chi connectivity index (χ0n) is 18.0. The van der Waals surface area contributed by atoms with Crippen LogP contribution in [-0.2, 0) is 21.2 Å². The van der Waals surface area contributed by atoms with Crippen LogP contribution in [0.3, 0.4) is 0 Å². The van der Waals surface area contributed by atoms with Crippen molar-refractivity contribution < 1.29 is 27.1 Å². The number of carbonyl (C=O) groups is 1. The number of anilines is 1. The first-order chi connectivity index (χ1) is 16.0. The summed E-state index contributed by atoms with van der Waals surface area (Å²) < 4.78 is 57.3. The summed E-state index contributed by atoms with van der Waals surface area (Å²) >= 11 is 12.0. The molecular formula is C24H21Cl2F2NO4S. The highest BCUT2D eigenvalue weighted by Crippen LogP contribution is 2.38. The van der Waals surface area contributed by atoms with Crippen LogP contribution in [0.2, 0.25) is 10.0 Å². The number of hydrogen-bond acceptors (Lipinski definition) is 3. The number of sulfonamides is 1. The van der Waals surface area contributed by atoms with E-state index in [0.717, 1.165) is 10.4 Å². The molecule has 0 saturated heterocycles. The van der Waals surface area contributed by atoms with Crippen LogP contribution >= 0.6 is 23.2 Å². The van der Waals surface area contributed by atoms with E-state index in [9.17, 15) is 22.0 Å². The molecule has 0 aliphatic heterocycles. The summed E-state index contributed by atoms with van der Waals surface area (Å²) in [6.45, 7) is 1.54. The van der Waals surface area contributed by atoms with Crippen molar-refractivity contribution in [3.05, 3.63) is 93.5 Å². The van der Waals surface area contributed by atoms with Crippen molar-refractivity contribution in [3.8, 4) is 0 Å². The first-order valence-corrected chi connectivity index (χ1v) is 12.5. The highest BCUT2D eigenvalue weighted by atomic mass is 35.5. The van der Waals surface area contributed by atoms with Gasteiger partial charge in [0.1, 0.15) is 11.6 Å². The van der Waals surface area contributed by atoms with Gasteiger partial charge in [-0.3, -0.25) is 9.10 Å². The van der Waals surface area contributed by atoms with Gasteiger partial charge in [0.25, 0.3) is 10.0 Å². The van der Waals surface area contributed by atoms with E-state index in [2.05, 4.69) is 0 Å².